The van der Waals surface area contributed by atoms with Crippen LogP contribution in [0.3, 0.4) is 0 Å². The Kier molecular flexibility index (Phi) is 3.79. The maximum atomic E-state index is 13.1. The first-order chi connectivity index (χ1) is 9.06. The summed E-state index contributed by atoms with van der Waals surface area (Å²) in [5, 5.41) is 11.9. The Balaban J connectivity index is 2.15. The van der Waals surface area contributed by atoms with E-state index in [-0.39, 0.29) is 5.56 Å². The van der Waals surface area contributed by atoms with Crippen LogP contribution in [0.1, 0.15) is 42.5 Å². The summed E-state index contributed by atoms with van der Waals surface area (Å²) in [6, 6.07) is 5.11. The van der Waals surface area contributed by atoms with Crippen molar-refractivity contribution in [3.05, 3.63) is 35.4 Å². The number of nitrogens with one attached hydrogen (secondary N) is 1. The molecule has 1 N–H and O–H groups in total. The molecule has 1 saturated carbocycles. The molecule has 1 amide bonds. The van der Waals surface area contributed by atoms with E-state index in [2.05, 4.69) is 11.4 Å². The minimum absolute atomic E-state index is 0.0269. The van der Waals surface area contributed by atoms with E-state index in [4.69, 9.17) is 0 Å². The Bertz CT molecular complexity index is 531. The molecule has 100 valence electrons. The summed E-state index contributed by atoms with van der Waals surface area (Å²) in [4.78, 5) is 12.0. The first-order valence-corrected chi connectivity index (χ1v) is 6.25. The van der Waals surface area contributed by atoms with Crippen LogP contribution >= 0.6 is 0 Å². The van der Waals surface area contributed by atoms with Crippen LogP contribution < -0.4 is 5.32 Å². The van der Waals surface area contributed by atoms with Gasteiger partial charge in [0, 0.05) is 5.56 Å². The van der Waals surface area contributed by atoms with Crippen LogP contribution in [0.4, 0.5) is 8.78 Å². The van der Waals surface area contributed by atoms with Crippen molar-refractivity contribution >= 4 is 5.91 Å². The van der Waals surface area contributed by atoms with Crippen molar-refractivity contribution in [3.63, 3.8) is 0 Å². The summed E-state index contributed by atoms with van der Waals surface area (Å²) in [6.07, 6.45) is 4.00. The zero-order valence-electron chi connectivity index (χ0n) is 10.4. The maximum Gasteiger partial charge on any atom is 0.252 e. The van der Waals surface area contributed by atoms with Crippen molar-refractivity contribution in [3.8, 4) is 6.07 Å². The van der Waals surface area contributed by atoms with Crippen LogP contribution in [-0.2, 0) is 0 Å². The molecule has 5 heteroatoms. The third kappa shape index (κ3) is 2.90. The molecule has 0 spiro atoms. The molecule has 3 nitrogen and oxygen atoms in total. The standard InChI is InChI=1S/C14H14F2N2O/c15-11-5-4-10(8-12(11)16)13(19)18-14(9-17)6-2-1-3-7-14/h4-5,8H,1-3,6-7H2,(H,18,19). The van der Waals surface area contributed by atoms with E-state index in [1.165, 1.54) is 6.07 Å². The lowest BCUT2D eigenvalue weighted by molar-refractivity contribution is 0.0902. The predicted octanol–water partition coefficient (Wildman–Crippen LogP) is 2.92. The van der Waals surface area contributed by atoms with Crippen LogP contribution in [0.5, 0.6) is 0 Å². The highest BCUT2D eigenvalue weighted by atomic mass is 19.2. The maximum absolute atomic E-state index is 13.1. The normalized spacial score (nSPS) is 17.5. The van der Waals surface area contributed by atoms with E-state index in [0.717, 1.165) is 31.4 Å². The van der Waals surface area contributed by atoms with E-state index in [1.54, 1.807) is 0 Å². The monoisotopic (exact) mass is 264 g/mol. The number of carbonyl (C=O) groups excluding carboxylic acids is 1. The quantitative estimate of drug-likeness (QED) is 0.892. The fourth-order valence-electron chi connectivity index (χ4n) is 2.35. The van der Waals surface area contributed by atoms with Gasteiger partial charge in [-0.2, -0.15) is 5.26 Å². The molecule has 0 saturated heterocycles. The zero-order chi connectivity index (χ0) is 13.9. The van der Waals surface area contributed by atoms with E-state index in [9.17, 15) is 18.8 Å². The molecule has 0 bridgehead atoms. The van der Waals surface area contributed by atoms with Gasteiger partial charge in [0.2, 0.25) is 0 Å². The Morgan fingerprint density at radius 1 is 1.21 bits per heavy atom. The number of amides is 1. The van der Waals surface area contributed by atoms with Crippen LogP contribution in [0.15, 0.2) is 18.2 Å². The number of carbonyl (C=O) groups is 1. The second-order valence-electron chi connectivity index (χ2n) is 4.84. The van der Waals surface area contributed by atoms with E-state index in [1.807, 2.05) is 0 Å². The van der Waals surface area contributed by atoms with Crippen molar-refractivity contribution in [2.24, 2.45) is 0 Å². The van der Waals surface area contributed by atoms with Gasteiger partial charge >= 0.3 is 0 Å². The fourth-order valence-corrected chi connectivity index (χ4v) is 2.35. The average molecular weight is 264 g/mol. The highest BCUT2D eigenvalue weighted by molar-refractivity contribution is 5.94. The number of rotatable bonds is 2. The summed E-state index contributed by atoms with van der Waals surface area (Å²) in [6.45, 7) is 0. The van der Waals surface area contributed by atoms with Gasteiger partial charge in [0.1, 0.15) is 5.54 Å². The Morgan fingerprint density at radius 2 is 1.89 bits per heavy atom. The van der Waals surface area contributed by atoms with Crippen LogP contribution in [-0.4, -0.2) is 11.4 Å². The van der Waals surface area contributed by atoms with Crippen LogP contribution in [0.2, 0.25) is 0 Å². The number of hydrogen-bond donors (Lipinski definition) is 1. The summed E-state index contributed by atoms with van der Waals surface area (Å²) in [7, 11) is 0. The van der Waals surface area contributed by atoms with E-state index in [0.29, 0.717) is 12.8 Å². The van der Waals surface area contributed by atoms with Gasteiger partial charge in [-0.3, -0.25) is 4.79 Å². The van der Waals surface area contributed by atoms with Crippen molar-refractivity contribution in [2.75, 3.05) is 0 Å². The molecule has 1 fully saturated rings. The smallest absolute Gasteiger partial charge is 0.252 e. The topological polar surface area (TPSA) is 52.9 Å². The van der Waals surface area contributed by atoms with Gasteiger partial charge in [-0.25, -0.2) is 8.78 Å². The highest BCUT2D eigenvalue weighted by Gasteiger charge is 2.33. The average Bonchev–Trinajstić information content (AvgIpc) is 2.43. The summed E-state index contributed by atoms with van der Waals surface area (Å²) < 4.78 is 25.9. The lowest BCUT2D eigenvalue weighted by Gasteiger charge is -2.31. The molecule has 0 aliphatic heterocycles. The number of nitrogens with zero attached hydrogens (tertiary/aromatic N) is 1. The first-order valence-electron chi connectivity index (χ1n) is 6.25. The zero-order valence-corrected chi connectivity index (χ0v) is 10.4. The van der Waals surface area contributed by atoms with Gasteiger partial charge < -0.3 is 5.32 Å². The molecule has 1 aromatic rings. The van der Waals surface area contributed by atoms with E-state index < -0.39 is 23.1 Å². The fraction of sp³-hybridized carbons (Fsp3) is 0.429. The van der Waals surface area contributed by atoms with Crippen molar-refractivity contribution in [1.29, 1.82) is 5.26 Å². The molecule has 1 aliphatic carbocycles. The SMILES string of the molecule is N#CC1(NC(=O)c2ccc(F)c(F)c2)CCCCC1. The lowest BCUT2D eigenvalue weighted by atomic mass is 9.82. The molecular formula is C14H14F2N2O. The molecule has 1 aromatic carbocycles. The molecule has 0 radical (unpaired) electrons. The van der Waals surface area contributed by atoms with Gasteiger partial charge in [-0.15, -0.1) is 0 Å². The second-order valence-corrected chi connectivity index (χ2v) is 4.84. The summed E-state index contributed by atoms with van der Waals surface area (Å²) in [5.74, 6) is -2.60. The molecule has 0 unspecified atom stereocenters. The largest absolute Gasteiger partial charge is 0.334 e. The number of nitriles is 1. The predicted molar refractivity (Wildman–Crippen MR) is 65.3 cm³/mol. The van der Waals surface area contributed by atoms with Crippen molar-refractivity contribution in [1.82, 2.24) is 5.32 Å². The number of halogens is 2. The van der Waals surface area contributed by atoms with Gasteiger partial charge in [-0.1, -0.05) is 19.3 Å². The van der Waals surface area contributed by atoms with Crippen LogP contribution in [0.25, 0.3) is 0 Å². The minimum atomic E-state index is -1.07. The van der Waals surface area contributed by atoms with Gasteiger partial charge in [0.05, 0.1) is 6.07 Å². The molecule has 1 aliphatic rings. The Labute approximate surface area is 110 Å². The lowest BCUT2D eigenvalue weighted by Crippen LogP contribution is -2.48. The van der Waals surface area contributed by atoms with Crippen molar-refractivity contribution < 1.29 is 13.6 Å². The summed E-state index contributed by atoms with van der Waals surface area (Å²) >= 11 is 0. The third-order valence-electron chi connectivity index (χ3n) is 3.46. The highest BCUT2D eigenvalue weighted by Crippen LogP contribution is 2.27. The van der Waals surface area contributed by atoms with Gasteiger partial charge in [0.25, 0.3) is 5.91 Å². The number of hydrogen-bond acceptors (Lipinski definition) is 2. The molecule has 2 rings (SSSR count). The van der Waals surface area contributed by atoms with Crippen molar-refractivity contribution in [2.45, 2.75) is 37.6 Å². The van der Waals surface area contributed by atoms with Gasteiger partial charge in [-0.05, 0) is 31.0 Å². The van der Waals surface area contributed by atoms with Crippen LogP contribution in [0, 0.1) is 23.0 Å². The molecular weight excluding hydrogens is 250 g/mol. The third-order valence-corrected chi connectivity index (χ3v) is 3.46. The molecule has 0 heterocycles. The second kappa shape index (κ2) is 5.35. The van der Waals surface area contributed by atoms with Gasteiger partial charge in [0.15, 0.2) is 11.6 Å². The number of benzene rings is 1. The molecule has 19 heavy (non-hydrogen) atoms. The molecule has 0 atom stereocenters. The minimum Gasteiger partial charge on any atom is -0.334 e. The Morgan fingerprint density at radius 3 is 2.47 bits per heavy atom. The van der Waals surface area contributed by atoms with E-state index >= 15 is 0 Å². The summed E-state index contributed by atoms with van der Waals surface area (Å²) in [5.41, 5.74) is -0.848. The molecule has 0 aromatic heterocycles. The Hall–Kier alpha value is -1.96. The first kappa shape index (κ1) is 13.5.